The van der Waals surface area contributed by atoms with Crippen LogP contribution in [0.25, 0.3) is 0 Å². The van der Waals surface area contributed by atoms with Crippen molar-refractivity contribution >= 4 is 23.8 Å². The van der Waals surface area contributed by atoms with Crippen molar-refractivity contribution in [3.05, 3.63) is 0 Å². The molecule has 7 heteroatoms. The topological polar surface area (TPSA) is 81.1 Å². The number of thioether (sulfide) groups is 1. The SMILES string of the molecule is O=C(O)C1CSC(C2CC2)N1C(=O)N1CCCC1CO. The summed E-state index contributed by atoms with van der Waals surface area (Å²) in [5, 5.41) is 18.7. The Kier molecular flexibility index (Phi) is 3.81. The molecule has 0 spiro atoms. The Hall–Kier alpha value is -0.950. The number of carboxylic acid groups (broad SMARTS) is 1. The molecule has 1 saturated carbocycles. The van der Waals surface area contributed by atoms with Gasteiger partial charge in [0.2, 0.25) is 0 Å². The van der Waals surface area contributed by atoms with Gasteiger partial charge in [0.25, 0.3) is 0 Å². The summed E-state index contributed by atoms with van der Waals surface area (Å²) in [5.41, 5.74) is 0. The fourth-order valence-electron chi connectivity index (χ4n) is 3.13. The van der Waals surface area contributed by atoms with E-state index in [1.807, 2.05) is 0 Å². The van der Waals surface area contributed by atoms with Gasteiger partial charge < -0.3 is 15.1 Å². The average molecular weight is 300 g/mol. The second-order valence-corrected chi connectivity index (χ2v) is 6.93. The maximum atomic E-state index is 12.7. The van der Waals surface area contributed by atoms with Crippen LogP contribution >= 0.6 is 11.8 Å². The third-order valence-corrected chi connectivity index (χ3v) is 5.86. The van der Waals surface area contributed by atoms with E-state index < -0.39 is 12.0 Å². The highest BCUT2D eigenvalue weighted by Gasteiger charge is 2.50. The molecule has 3 unspecified atom stereocenters. The lowest BCUT2D eigenvalue weighted by molar-refractivity contribution is -0.141. The van der Waals surface area contributed by atoms with Crippen LogP contribution in [0.15, 0.2) is 0 Å². The van der Waals surface area contributed by atoms with Gasteiger partial charge in [0.15, 0.2) is 0 Å². The Labute approximate surface area is 122 Å². The fraction of sp³-hybridized carbons (Fsp3) is 0.846. The van der Waals surface area contributed by atoms with E-state index in [1.54, 1.807) is 21.6 Å². The van der Waals surface area contributed by atoms with Gasteiger partial charge in [-0.25, -0.2) is 9.59 Å². The van der Waals surface area contributed by atoms with Crippen LogP contribution in [0, 0.1) is 5.92 Å². The number of nitrogens with zero attached hydrogens (tertiary/aromatic N) is 2. The number of aliphatic hydroxyl groups excluding tert-OH is 1. The van der Waals surface area contributed by atoms with Crippen molar-refractivity contribution in [3.63, 3.8) is 0 Å². The molecule has 0 bridgehead atoms. The van der Waals surface area contributed by atoms with Crippen LogP contribution in [-0.2, 0) is 4.79 Å². The second-order valence-electron chi connectivity index (χ2n) is 5.78. The van der Waals surface area contributed by atoms with Crippen LogP contribution in [0.1, 0.15) is 25.7 Å². The van der Waals surface area contributed by atoms with Crippen molar-refractivity contribution in [1.29, 1.82) is 0 Å². The lowest BCUT2D eigenvalue weighted by atomic mass is 10.2. The van der Waals surface area contributed by atoms with Gasteiger partial charge in [-0.15, -0.1) is 11.8 Å². The van der Waals surface area contributed by atoms with Crippen LogP contribution < -0.4 is 0 Å². The molecule has 3 atom stereocenters. The highest BCUT2D eigenvalue weighted by molar-refractivity contribution is 8.00. The molecule has 2 amide bonds. The quantitative estimate of drug-likeness (QED) is 0.806. The van der Waals surface area contributed by atoms with E-state index in [9.17, 15) is 19.8 Å². The van der Waals surface area contributed by atoms with Crippen molar-refractivity contribution in [1.82, 2.24) is 9.80 Å². The molecule has 3 rings (SSSR count). The number of carbonyl (C=O) groups is 2. The molecule has 0 radical (unpaired) electrons. The molecule has 3 fully saturated rings. The van der Waals surface area contributed by atoms with Crippen LogP contribution in [0.4, 0.5) is 4.79 Å². The highest BCUT2D eigenvalue weighted by atomic mass is 32.2. The van der Waals surface area contributed by atoms with Crippen molar-refractivity contribution in [2.45, 2.75) is 43.1 Å². The first-order valence-electron chi connectivity index (χ1n) is 7.17. The Morgan fingerprint density at radius 3 is 2.60 bits per heavy atom. The number of urea groups is 1. The summed E-state index contributed by atoms with van der Waals surface area (Å²) in [6.07, 6.45) is 3.84. The van der Waals surface area contributed by atoms with Gasteiger partial charge in [0, 0.05) is 12.3 Å². The molecular formula is C13H20N2O4S. The number of likely N-dealkylation sites (tertiary alicyclic amines) is 1. The lowest BCUT2D eigenvalue weighted by Crippen LogP contribution is -2.53. The van der Waals surface area contributed by atoms with Crippen LogP contribution in [0.3, 0.4) is 0 Å². The predicted molar refractivity (Wildman–Crippen MR) is 74.4 cm³/mol. The van der Waals surface area contributed by atoms with Gasteiger partial charge >= 0.3 is 12.0 Å². The number of hydrogen-bond acceptors (Lipinski definition) is 4. The van der Waals surface area contributed by atoms with Gasteiger partial charge in [-0.1, -0.05) is 0 Å². The standard InChI is InChI=1S/C13H20N2O4S/c16-6-9-2-1-5-14(9)13(19)15-10(12(17)18)7-20-11(15)8-3-4-8/h8-11,16H,1-7H2,(H,17,18). The molecule has 1 aliphatic carbocycles. The normalized spacial score (nSPS) is 33.8. The molecule has 0 aromatic rings. The third-order valence-electron chi connectivity index (χ3n) is 4.40. The predicted octanol–water partition coefficient (Wildman–Crippen LogP) is 0.801. The second kappa shape index (κ2) is 5.44. The fourth-order valence-corrected chi connectivity index (χ4v) is 4.76. The average Bonchev–Trinajstić information content (AvgIpc) is 3.02. The van der Waals surface area contributed by atoms with Crippen molar-refractivity contribution in [3.8, 4) is 0 Å². The monoisotopic (exact) mass is 300 g/mol. The van der Waals surface area contributed by atoms with Crippen molar-refractivity contribution in [2.24, 2.45) is 5.92 Å². The van der Waals surface area contributed by atoms with Gasteiger partial charge in [0.1, 0.15) is 6.04 Å². The lowest BCUT2D eigenvalue weighted by Gasteiger charge is -2.34. The largest absolute Gasteiger partial charge is 0.480 e. The molecule has 2 saturated heterocycles. The summed E-state index contributed by atoms with van der Waals surface area (Å²) in [4.78, 5) is 27.4. The highest BCUT2D eigenvalue weighted by Crippen LogP contribution is 2.46. The van der Waals surface area contributed by atoms with Gasteiger partial charge in [-0.3, -0.25) is 4.90 Å². The number of rotatable bonds is 3. The van der Waals surface area contributed by atoms with E-state index in [4.69, 9.17) is 0 Å². The zero-order valence-corrected chi connectivity index (χ0v) is 12.1. The number of carbonyl (C=O) groups excluding carboxylic acids is 1. The summed E-state index contributed by atoms with van der Waals surface area (Å²) in [6.45, 7) is 0.577. The Balaban J connectivity index is 1.79. The van der Waals surface area contributed by atoms with Gasteiger partial charge in [-0.05, 0) is 31.6 Å². The summed E-state index contributed by atoms with van der Waals surface area (Å²) < 4.78 is 0. The molecule has 3 aliphatic rings. The van der Waals surface area contributed by atoms with Crippen LogP contribution in [0.2, 0.25) is 0 Å². The molecule has 2 N–H and O–H groups in total. The first-order valence-corrected chi connectivity index (χ1v) is 8.22. The minimum absolute atomic E-state index is 0.00328. The van der Waals surface area contributed by atoms with E-state index in [-0.39, 0.29) is 24.1 Å². The summed E-state index contributed by atoms with van der Waals surface area (Å²) in [7, 11) is 0. The number of hydrogen-bond donors (Lipinski definition) is 2. The first-order chi connectivity index (χ1) is 9.63. The molecule has 0 aromatic carbocycles. The zero-order valence-electron chi connectivity index (χ0n) is 11.3. The van der Waals surface area contributed by atoms with Crippen molar-refractivity contribution in [2.75, 3.05) is 18.9 Å². The number of carboxylic acids is 1. The number of amides is 2. The van der Waals surface area contributed by atoms with Crippen molar-refractivity contribution < 1.29 is 19.8 Å². The van der Waals surface area contributed by atoms with Crippen LogP contribution in [0.5, 0.6) is 0 Å². The molecular weight excluding hydrogens is 280 g/mol. The van der Waals surface area contributed by atoms with E-state index in [1.165, 1.54) is 0 Å². The Bertz CT molecular complexity index is 415. The summed E-state index contributed by atoms with van der Waals surface area (Å²) >= 11 is 1.59. The van der Waals surface area contributed by atoms with E-state index in [0.29, 0.717) is 18.2 Å². The maximum absolute atomic E-state index is 12.7. The molecule has 6 nitrogen and oxygen atoms in total. The molecule has 2 heterocycles. The first kappa shape index (κ1) is 14.0. The van der Waals surface area contributed by atoms with E-state index >= 15 is 0 Å². The van der Waals surface area contributed by atoms with E-state index in [2.05, 4.69) is 0 Å². The number of aliphatic hydroxyl groups is 1. The summed E-state index contributed by atoms with van der Waals surface area (Å²) in [6, 6.07) is -1.07. The molecule has 0 aromatic heterocycles. The Morgan fingerprint density at radius 2 is 2.00 bits per heavy atom. The van der Waals surface area contributed by atoms with Gasteiger partial charge in [-0.2, -0.15) is 0 Å². The Morgan fingerprint density at radius 1 is 1.25 bits per heavy atom. The third kappa shape index (κ3) is 2.37. The minimum atomic E-state index is -0.922. The smallest absolute Gasteiger partial charge is 0.327 e. The molecule has 112 valence electrons. The number of aliphatic carboxylic acids is 1. The minimum Gasteiger partial charge on any atom is -0.480 e. The molecule has 20 heavy (non-hydrogen) atoms. The maximum Gasteiger partial charge on any atom is 0.327 e. The van der Waals surface area contributed by atoms with E-state index in [0.717, 1.165) is 25.7 Å². The zero-order chi connectivity index (χ0) is 14.3. The summed E-state index contributed by atoms with van der Waals surface area (Å²) in [5.74, 6) is -0.00270. The molecule has 2 aliphatic heterocycles. The van der Waals surface area contributed by atoms with Gasteiger partial charge in [0.05, 0.1) is 18.0 Å². The van der Waals surface area contributed by atoms with Crippen LogP contribution in [-0.4, -0.2) is 68.4 Å².